The van der Waals surface area contributed by atoms with Gasteiger partial charge in [0.15, 0.2) is 0 Å². The van der Waals surface area contributed by atoms with Gasteiger partial charge < -0.3 is 14.6 Å². The number of hydrogen-bond donors (Lipinski definition) is 1. The first-order valence-electron chi connectivity index (χ1n) is 2.24. The fourth-order valence-corrected chi connectivity index (χ4v) is 0.745. The van der Waals surface area contributed by atoms with Crippen LogP contribution in [-0.4, -0.2) is 31.4 Å². The Balaban J connectivity index is 0. The van der Waals surface area contributed by atoms with Crippen LogP contribution in [0.15, 0.2) is 12.8 Å². The Bertz CT molecular complexity index is 121. The van der Waals surface area contributed by atoms with Gasteiger partial charge in [-0.1, -0.05) is 6.58 Å². The Hall–Kier alpha value is 1.25. The molecule has 0 heterocycles. The van der Waals surface area contributed by atoms with Gasteiger partial charge in [-0.15, -0.1) is 0 Å². The Morgan fingerprint density at radius 2 is 2.30 bits per heavy atom. The summed E-state index contributed by atoms with van der Waals surface area (Å²) >= 11 is -2.15. The summed E-state index contributed by atoms with van der Waals surface area (Å²) in [6, 6.07) is 0. The van der Waals surface area contributed by atoms with Crippen LogP contribution in [0.25, 0.3) is 0 Å². The average molecular weight is 189 g/mol. The van der Waals surface area contributed by atoms with Crippen molar-refractivity contribution in [2.45, 2.75) is 0 Å². The van der Waals surface area contributed by atoms with E-state index in [1.54, 1.807) is 0 Å². The van der Waals surface area contributed by atoms with Crippen molar-refractivity contribution in [1.82, 2.24) is 4.90 Å². The fraction of sp³-hybridized carbons (Fsp3) is 0.500. The predicted octanol–water partition coefficient (Wildman–Crippen LogP) is -3.78. The molecule has 0 rings (SSSR count). The standard InChI is InChI=1S/C4H9NO3S.K/c1-2-5(3-6)4-9(7)8;/h2,6H,1,3-4H2,(H,7,8);/q;+1/p-1. The molecular formula is C4H8KNO3S. The Labute approximate surface area is 105 Å². The number of aliphatic hydroxyl groups is 1. The number of hydrogen-bond acceptors (Lipinski definition) is 4. The Kier molecular flexibility index (Phi) is 11.5. The first-order chi connectivity index (χ1) is 4.20. The Morgan fingerprint density at radius 3 is 2.40 bits per heavy atom. The van der Waals surface area contributed by atoms with E-state index in [0.717, 1.165) is 4.90 Å². The third-order valence-electron chi connectivity index (χ3n) is 0.711. The molecule has 0 amide bonds. The molecule has 6 heteroatoms. The molecule has 0 saturated heterocycles. The maximum Gasteiger partial charge on any atom is 1.00 e. The minimum Gasteiger partial charge on any atom is -0.771 e. The van der Waals surface area contributed by atoms with Gasteiger partial charge in [0, 0.05) is 0 Å². The van der Waals surface area contributed by atoms with E-state index in [1.807, 2.05) is 0 Å². The molecule has 0 saturated carbocycles. The molecule has 0 spiro atoms. The third kappa shape index (κ3) is 7.35. The van der Waals surface area contributed by atoms with Gasteiger partial charge in [-0.3, -0.25) is 4.21 Å². The molecule has 0 radical (unpaired) electrons. The first-order valence-corrected chi connectivity index (χ1v) is 3.48. The van der Waals surface area contributed by atoms with Crippen molar-refractivity contribution in [3.8, 4) is 0 Å². The molecule has 0 aromatic carbocycles. The van der Waals surface area contributed by atoms with Crippen molar-refractivity contribution in [2.75, 3.05) is 12.6 Å². The van der Waals surface area contributed by atoms with Crippen molar-refractivity contribution in [3.05, 3.63) is 12.8 Å². The van der Waals surface area contributed by atoms with Crippen LogP contribution < -0.4 is 51.4 Å². The monoisotopic (exact) mass is 189 g/mol. The van der Waals surface area contributed by atoms with E-state index in [9.17, 15) is 8.76 Å². The van der Waals surface area contributed by atoms with Crippen LogP contribution in [0, 0.1) is 0 Å². The maximum atomic E-state index is 9.93. The van der Waals surface area contributed by atoms with Crippen molar-refractivity contribution in [3.63, 3.8) is 0 Å². The number of rotatable bonds is 4. The molecule has 1 unspecified atom stereocenters. The van der Waals surface area contributed by atoms with E-state index in [1.165, 1.54) is 6.20 Å². The first kappa shape index (κ1) is 13.8. The van der Waals surface area contributed by atoms with Crippen LogP contribution in [-0.2, 0) is 11.1 Å². The SMILES string of the molecule is C=CN(CO)CS(=O)[O-].[K+]. The molecule has 0 fully saturated rings. The fourth-order valence-electron chi connectivity index (χ4n) is 0.287. The second-order valence-electron chi connectivity index (χ2n) is 1.35. The van der Waals surface area contributed by atoms with Gasteiger partial charge in [0.25, 0.3) is 0 Å². The quantitative estimate of drug-likeness (QED) is 0.280. The van der Waals surface area contributed by atoms with Crippen LogP contribution in [0.2, 0.25) is 0 Å². The topological polar surface area (TPSA) is 63.6 Å². The van der Waals surface area contributed by atoms with Crippen LogP contribution in [0.1, 0.15) is 0 Å². The van der Waals surface area contributed by atoms with E-state index < -0.39 is 11.1 Å². The summed E-state index contributed by atoms with van der Waals surface area (Å²) in [4.78, 5) is 1.16. The molecule has 0 aromatic heterocycles. The van der Waals surface area contributed by atoms with Crippen molar-refractivity contribution in [2.24, 2.45) is 0 Å². The summed E-state index contributed by atoms with van der Waals surface area (Å²) in [5, 5.41) is 8.36. The maximum absolute atomic E-state index is 9.93. The second-order valence-corrected chi connectivity index (χ2v) is 2.21. The summed E-state index contributed by atoms with van der Waals surface area (Å²) in [6.07, 6.45) is 1.26. The van der Waals surface area contributed by atoms with Gasteiger partial charge in [-0.2, -0.15) is 0 Å². The zero-order valence-electron chi connectivity index (χ0n) is 5.82. The number of aliphatic hydroxyl groups excluding tert-OH is 1. The van der Waals surface area contributed by atoms with E-state index in [0.29, 0.717) is 0 Å². The van der Waals surface area contributed by atoms with Crippen LogP contribution in [0.3, 0.4) is 0 Å². The zero-order valence-corrected chi connectivity index (χ0v) is 9.76. The van der Waals surface area contributed by atoms with Gasteiger partial charge in [0.1, 0.15) is 6.73 Å². The molecule has 0 aliphatic heterocycles. The molecule has 0 aliphatic rings. The smallest absolute Gasteiger partial charge is 0.771 e. The van der Waals surface area contributed by atoms with Gasteiger partial charge in [0.05, 0.1) is 5.88 Å². The normalized spacial score (nSPS) is 11.4. The summed E-state index contributed by atoms with van der Waals surface area (Å²) in [5.41, 5.74) is 0. The molecule has 10 heavy (non-hydrogen) atoms. The second kappa shape index (κ2) is 8.34. The summed E-state index contributed by atoms with van der Waals surface area (Å²) < 4.78 is 19.9. The molecule has 0 bridgehead atoms. The molecule has 4 nitrogen and oxygen atoms in total. The van der Waals surface area contributed by atoms with Crippen LogP contribution in [0.5, 0.6) is 0 Å². The summed E-state index contributed by atoms with van der Waals surface area (Å²) in [5.74, 6) is -0.208. The number of nitrogens with zero attached hydrogens (tertiary/aromatic N) is 1. The zero-order chi connectivity index (χ0) is 7.28. The van der Waals surface area contributed by atoms with Crippen molar-refractivity contribution >= 4 is 11.1 Å². The average Bonchev–Trinajstić information content (AvgIpc) is 1.82. The molecule has 1 atom stereocenters. The van der Waals surface area contributed by atoms with Gasteiger partial charge in [-0.05, 0) is 17.3 Å². The van der Waals surface area contributed by atoms with Crippen molar-refractivity contribution in [1.29, 1.82) is 0 Å². The predicted molar refractivity (Wildman–Crippen MR) is 32.9 cm³/mol. The van der Waals surface area contributed by atoms with E-state index in [-0.39, 0.29) is 64.0 Å². The van der Waals surface area contributed by atoms with E-state index in [4.69, 9.17) is 5.11 Å². The molecule has 1 N–H and O–H groups in total. The summed E-state index contributed by atoms with van der Waals surface area (Å²) in [6.45, 7) is 2.96. The van der Waals surface area contributed by atoms with Crippen LogP contribution in [0.4, 0.5) is 0 Å². The minimum absolute atomic E-state index is 0. The largest absolute Gasteiger partial charge is 1.00 e. The minimum atomic E-state index is -2.15. The van der Waals surface area contributed by atoms with Gasteiger partial charge in [-0.25, -0.2) is 0 Å². The van der Waals surface area contributed by atoms with Gasteiger partial charge >= 0.3 is 51.4 Å². The van der Waals surface area contributed by atoms with E-state index in [2.05, 4.69) is 6.58 Å². The molecule has 0 aliphatic carbocycles. The molecule has 54 valence electrons. The molecular weight excluding hydrogens is 181 g/mol. The van der Waals surface area contributed by atoms with Crippen LogP contribution >= 0.6 is 0 Å². The third-order valence-corrected chi connectivity index (χ3v) is 1.25. The Morgan fingerprint density at radius 1 is 1.80 bits per heavy atom. The van der Waals surface area contributed by atoms with E-state index >= 15 is 0 Å². The summed E-state index contributed by atoms with van der Waals surface area (Å²) in [7, 11) is 0. The molecule has 0 aromatic rings. The van der Waals surface area contributed by atoms with Gasteiger partial charge in [0.2, 0.25) is 0 Å². The van der Waals surface area contributed by atoms with Crippen molar-refractivity contribution < 1.29 is 65.3 Å².